The summed E-state index contributed by atoms with van der Waals surface area (Å²) in [5.74, 6) is -3.96. The summed E-state index contributed by atoms with van der Waals surface area (Å²) in [5.41, 5.74) is -2.91. The zero-order chi connectivity index (χ0) is 18.4. The van der Waals surface area contributed by atoms with E-state index in [1.165, 1.54) is 6.92 Å². The molecule has 1 fully saturated rings. The Morgan fingerprint density at radius 1 is 1.12 bits per heavy atom. The van der Waals surface area contributed by atoms with Crippen molar-refractivity contribution in [3.05, 3.63) is 0 Å². The Hall–Kier alpha value is -1.84. The van der Waals surface area contributed by atoms with Gasteiger partial charge in [-0.3, -0.25) is 4.79 Å². The average Bonchev–Trinajstić information content (AvgIpc) is 2.46. The lowest BCUT2D eigenvalue weighted by molar-refractivity contribution is -0.295. The SMILES string of the molecule is CCOC(=O)CC1CC(OC(=O)C(=O)OCC)(C(F)(F)F)CCO1. The minimum atomic E-state index is -4.94. The monoisotopic (exact) mass is 356 g/mol. The topological polar surface area (TPSA) is 88.1 Å². The second-order valence-corrected chi connectivity index (χ2v) is 5.06. The predicted octanol–water partition coefficient (Wildman–Crippen LogP) is 1.53. The van der Waals surface area contributed by atoms with E-state index in [-0.39, 0.29) is 19.8 Å². The summed E-state index contributed by atoms with van der Waals surface area (Å²) < 4.78 is 59.0. The van der Waals surface area contributed by atoms with E-state index in [1.54, 1.807) is 6.92 Å². The van der Waals surface area contributed by atoms with Crippen molar-refractivity contribution in [2.75, 3.05) is 19.8 Å². The van der Waals surface area contributed by atoms with E-state index in [0.717, 1.165) is 0 Å². The molecule has 0 aliphatic carbocycles. The van der Waals surface area contributed by atoms with E-state index < -0.39 is 55.1 Å². The maximum atomic E-state index is 13.5. The first-order valence-electron chi connectivity index (χ1n) is 7.39. The fraction of sp³-hybridized carbons (Fsp3) is 0.786. The van der Waals surface area contributed by atoms with Gasteiger partial charge in [0, 0.05) is 12.8 Å². The van der Waals surface area contributed by atoms with Crippen LogP contribution >= 0.6 is 0 Å². The van der Waals surface area contributed by atoms with Crippen LogP contribution in [0.5, 0.6) is 0 Å². The minimum absolute atomic E-state index is 0.0772. The first kappa shape index (κ1) is 20.2. The van der Waals surface area contributed by atoms with Crippen LogP contribution in [0, 0.1) is 0 Å². The van der Waals surface area contributed by atoms with Gasteiger partial charge in [0.1, 0.15) is 0 Å². The molecule has 0 bridgehead atoms. The number of alkyl halides is 3. The highest BCUT2D eigenvalue weighted by Crippen LogP contribution is 2.43. The zero-order valence-electron chi connectivity index (χ0n) is 13.3. The molecule has 1 saturated heterocycles. The van der Waals surface area contributed by atoms with Gasteiger partial charge in [0.25, 0.3) is 0 Å². The van der Waals surface area contributed by atoms with E-state index in [0.29, 0.717) is 0 Å². The number of ether oxygens (including phenoxy) is 4. The second-order valence-electron chi connectivity index (χ2n) is 5.06. The standard InChI is InChI=1S/C14H19F3O7/c1-3-21-10(18)7-9-8-13(5-6-23-9,14(15,16)17)24-12(20)11(19)22-4-2/h9H,3-8H2,1-2H3. The number of hydrogen-bond acceptors (Lipinski definition) is 7. The third kappa shape index (κ3) is 5.08. The van der Waals surface area contributed by atoms with E-state index in [9.17, 15) is 27.6 Å². The highest BCUT2D eigenvalue weighted by molar-refractivity contribution is 6.29. The Labute approximate surface area is 136 Å². The first-order valence-corrected chi connectivity index (χ1v) is 7.39. The Morgan fingerprint density at radius 2 is 1.75 bits per heavy atom. The van der Waals surface area contributed by atoms with Crippen molar-refractivity contribution in [3.8, 4) is 0 Å². The third-order valence-corrected chi connectivity index (χ3v) is 3.36. The van der Waals surface area contributed by atoms with Crippen LogP contribution in [-0.4, -0.2) is 55.6 Å². The molecule has 1 heterocycles. The van der Waals surface area contributed by atoms with Crippen molar-refractivity contribution >= 4 is 17.9 Å². The minimum Gasteiger partial charge on any atom is -0.466 e. The van der Waals surface area contributed by atoms with Crippen LogP contribution in [0.15, 0.2) is 0 Å². The van der Waals surface area contributed by atoms with Crippen LogP contribution in [0.2, 0.25) is 0 Å². The summed E-state index contributed by atoms with van der Waals surface area (Å²) in [6.45, 7) is 2.46. The van der Waals surface area contributed by atoms with E-state index in [1.807, 2.05) is 0 Å². The molecule has 2 unspecified atom stereocenters. The zero-order valence-corrected chi connectivity index (χ0v) is 13.3. The maximum Gasteiger partial charge on any atom is 0.428 e. The van der Waals surface area contributed by atoms with Crippen molar-refractivity contribution in [3.63, 3.8) is 0 Å². The van der Waals surface area contributed by atoms with Gasteiger partial charge < -0.3 is 18.9 Å². The van der Waals surface area contributed by atoms with Crippen LogP contribution in [-0.2, 0) is 33.3 Å². The molecule has 0 aromatic rings. The molecule has 0 radical (unpaired) electrons. The smallest absolute Gasteiger partial charge is 0.428 e. The molecule has 0 amide bonds. The van der Waals surface area contributed by atoms with Gasteiger partial charge in [0.05, 0.1) is 32.3 Å². The average molecular weight is 356 g/mol. The largest absolute Gasteiger partial charge is 0.466 e. The Kier molecular flexibility index (Phi) is 7.00. The molecule has 2 atom stereocenters. The molecular weight excluding hydrogens is 337 g/mol. The lowest BCUT2D eigenvalue weighted by Crippen LogP contribution is -2.55. The first-order chi connectivity index (χ1) is 11.1. The molecule has 0 N–H and O–H groups in total. The number of rotatable bonds is 5. The lowest BCUT2D eigenvalue weighted by Gasteiger charge is -2.40. The molecule has 0 aromatic carbocycles. The van der Waals surface area contributed by atoms with Gasteiger partial charge >= 0.3 is 24.1 Å². The summed E-state index contributed by atoms with van der Waals surface area (Å²) in [5, 5.41) is 0. The van der Waals surface area contributed by atoms with Gasteiger partial charge in [0.2, 0.25) is 5.60 Å². The van der Waals surface area contributed by atoms with Gasteiger partial charge in [0.15, 0.2) is 0 Å². The van der Waals surface area contributed by atoms with Gasteiger partial charge in [-0.2, -0.15) is 13.2 Å². The van der Waals surface area contributed by atoms with Crippen LogP contribution in [0.1, 0.15) is 33.1 Å². The quantitative estimate of drug-likeness (QED) is 0.419. The van der Waals surface area contributed by atoms with Gasteiger partial charge in [-0.05, 0) is 13.8 Å². The second kappa shape index (κ2) is 8.32. The number of hydrogen-bond donors (Lipinski definition) is 0. The van der Waals surface area contributed by atoms with Crippen LogP contribution < -0.4 is 0 Å². The molecule has 24 heavy (non-hydrogen) atoms. The van der Waals surface area contributed by atoms with Crippen molar-refractivity contribution in [1.82, 2.24) is 0 Å². The molecule has 0 spiro atoms. The summed E-state index contributed by atoms with van der Waals surface area (Å²) in [4.78, 5) is 34.2. The molecule has 1 aliphatic rings. The van der Waals surface area contributed by atoms with E-state index in [4.69, 9.17) is 4.74 Å². The predicted molar refractivity (Wildman–Crippen MR) is 71.7 cm³/mol. The van der Waals surface area contributed by atoms with Gasteiger partial charge in [-0.1, -0.05) is 0 Å². The van der Waals surface area contributed by atoms with Crippen molar-refractivity contribution in [2.24, 2.45) is 0 Å². The van der Waals surface area contributed by atoms with Crippen molar-refractivity contribution < 1.29 is 46.5 Å². The van der Waals surface area contributed by atoms with Crippen LogP contribution in [0.4, 0.5) is 13.2 Å². The highest BCUT2D eigenvalue weighted by Gasteiger charge is 2.61. The Balaban J connectivity index is 2.89. The summed E-state index contributed by atoms with van der Waals surface area (Å²) >= 11 is 0. The molecule has 7 nitrogen and oxygen atoms in total. The van der Waals surface area contributed by atoms with Gasteiger partial charge in [-0.25, -0.2) is 9.59 Å². The number of esters is 3. The molecule has 1 aliphatic heterocycles. The molecule has 1 rings (SSSR count). The lowest BCUT2D eigenvalue weighted by atomic mass is 9.88. The van der Waals surface area contributed by atoms with E-state index >= 15 is 0 Å². The molecule has 0 aromatic heterocycles. The summed E-state index contributed by atoms with van der Waals surface area (Å²) in [6, 6.07) is 0. The van der Waals surface area contributed by atoms with Gasteiger partial charge in [-0.15, -0.1) is 0 Å². The van der Waals surface area contributed by atoms with Crippen molar-refractivity contribution in [1.29, 1.82) is 0 Å². The van der Waals surface area contributed by atoms with Crippen LogP contribution in [0.25, 0.3) is 0 Å². The summed E-state index contributed by atoms with van der Waals surface area (Å²) in [6.07, 6.45) is -7.98. The summed E-state index contributed by atoms with van der Waals surface area (Å²) in [7, 11) is 0. The Bertz CT molecular complexity index is 477. The number of carbonyl (C=O) groups is 3. The Morgan fingerprint density at radius 3 is 2.29 bits per heavy atom. The van der Waals surface area contributed by atoms with E-state index in [2.05, 4.69) is 14.2 Å². The highest BCUT2D eigenvalue weighted by atomic mass is 19.4. The molecular formula is C14H19F3O7. The van der Waals surface area contributed by atoms with Crippen LogP contribution in [0.3, 0.4) is 0 Å². The van der Waals surface area contributed by atoms with Crippen molar-refractivity contribution in [2.45, 2.75) is 51.0 Å². The molecule has 138 valence electrons. The fourth-order valence-electron chi connectivity index (χ4n) is 2.27. The maximum absolute atomic E-state index is 13.5. The number of halogens is 3. The number of carbonyl (C=O) groups excluding carboxylic acids is 3. The molecule has 10 heteroatoms. The molecule has 0 saturated carbocycles. The third-order valence-electron chi connectivity index (χ3n) is 3.36. The normalized spacial score (nSPS) is 24.1. The fourth-order valence-corrected chi connectivity index (χ4v) is 2.27.